The number of carbonyl (C=O) groups excluding carboxylic acids is 2. The van der Waals surface area contributed by atoms with E-state index in [1.807, 2.05) is 24.3 Å². The number of aromatic nitrogens is 1. The Morgan fingerprint density at radius 1 is 1.14 bits per heavy atom. The number of hydrogen-bond donors (Lipinski definition) is 1. The average Bonchev–Trinajstić information content (AvgIpc) is 3.22. The smallest absolute Gasteiger partial charge is 0.278 e. The van der Waals surface area contributed by atoms with Gasteiger partial charge in [0.25, 0.3) is 5.91 Å². The summed E-state index contributed by atoms with van der Waals surface area (Å²) in [5.41, 5.74) is 2.38. The maximum Gasteiger partial charge on any atom is 0.278 e. The quantitative estimate of drug-likeness (QED) is 0.732. The highest BCUT2D eigenvalue weighted by molar-refractivity contribution is 7.13. The van der Waals surface area contributed by atoms with Gasteiger partial charge in [-0.05, 0) is 30.3 Å². The van der Waals surface area contributed by atoms with E-state index in [2.05, 4.69) is 10.3 Å². The van der Waals surface area contributed by atoms with E-state index < -0.39 is 0 Å². The van der Waals surface area contributed by atoms with Gasteiger partial charge in [0.05, 0.1) is 25.6 Å². The van der Waals surface area contributed by atoms with E-state index in [0.717, 1.165) is 5.56 Å². The summed E-state index contributed by atoms with van der Waals surface area (Å²) in [4.78, 5) is 30.9. The number of nitrogens with zero attached hydrogens (tertiary/aromatic N) is 2. The van der Waals surface area contributed by atoms with Crippen LogP contribution in [-0.2, 0) is 4.79 Å². The number of methoxy groups -OCH3 is 2. The molecule has 0 radical (unpaired) electrons. The van der Waals surface area contributed by atoms with Crippen LogP contribution in [0.15, 0.2) is 47.8 Å². The third kappa shape index (κ3) is 3.18. The number of amides is 2. The summed E-state index contributed by atoms with van der Waals surface area (Å²) >= 11 is 1.35. The molecule has 2 aromatic carbocycles. The molecule has 2 amide bonds. The number of anilines is 2. The molecule has 8 heteroatoms. The number of carbonyl (C=O) groups is 2. The van der Waals surface area contributed by atoms with Crippen molar-refractivity contribution in [1.29, 1.82) is 0 Å². The summed E-state index contributed by atoms with van der Waals surface area (Å²) in [5.74, 6) is 0.660. The molecule has 1 aliphatic heterocycles. The Morgan fingerprint density at radius 3 is 2.71 bits per heavy atom. The molecule has 0 fully saturated rings. The molecule has 2 heterocycles. The second kappa shape index (κ2) is 7.32. The van der Waals surface area contributed by atoms with Crippen LogP contribution < -0.4 is 19.7 Å². The monoisotopic (exact) mass is 395 g/mol. The summed E-state index contributed by atoms with van der Waals surface area (Å²) in [5, 5.41) is 5.15. The number of thiazole rings is 1. The Kier molecular flexibility index (Phi) is 4.70. The first-order chi connectivity index (χ1) is 13.6. The highest BCUT2D eigenvalue weighted by atomic mass is 32.1. The normalized spacial score (nSPS) is 12.9. The summed E-state index contributed by atoms with van der Waals surface area (Å²) in [6, 6.07) is 12.7. The molecule has 0 atom stereocenters. The van der Waals surface area contributed by atoms with Crippen molar-refractivity contribution < 1.29 is 19.1 Å². The lowest BCUT2D eigenvalue weighted by Crippen LogP contribution is -2.42. The average molecular weight is 395 g/mol. The van der Waals surface area contributed by atoms with Gasteiger partial charge in [0.15, 0.2) is 11.5 Å². The number of hydrogen-bond acceptors (Lipinski definition) is 6. The Balaban J connectivity index is 1.65. The van der Waals surface area contributed by atoms with Gasteiger partial charge >= 0.3 is 0 Å². The molecule has 0 saturated heterocycles. The lowest BCUT2D eigenvalue weighted by molar-refractivity contribution is -0.115. The predicted molar refractivity (Wildman–Crippen MR) is 107 cm³/mol. The van der Waals surface area contributed by atoms with Crippen LogP contribution in [0.5, 0.6) is 11.5 Å². The first-order valence-corrected chi connectivity index (χ1v) is 9.37. The molecule has 28 heavy (non-hydrogen) atoms. The highest BCUT2D eigenvalue weighted by Crippen LogP contribution is 2.34. The molecule has 3 aromatic rings. The van der Waals surface area contributed by atoms with Crippen LogP contribution in [-0.4, -0.2) is 37.6 Å². The van der Waals surface area contributed by atoms with Gasteiger partial charge in [0, 0.05) is 10.9 Å². The van der Waals surface area contributed by atoms with Gasteiger partial charge in [-0.3, -0.25) is 14.5 Å². The highest BCUT2D eigenvalue weighted by Gasteiger charge is 2.28. The molecule has 0 unspecified atom stereocenters. The number of rotatable bonds is 4. The molecule has 0 bridgehead atoms. The van der Waals surface area contributed by atoms with Crippen LogP contribution in [0.3, 0.4) is 0 Å². The van der Waals surface area contributed by atoms with E-state index >= 15 is 0 Å². The summed E-state index contributed by atoms with van der Waals surface area (Å²) in [7, 11) is 3.14. The number of fused-ring (bicyclic) bond motifs is 1. The van der Waals surface area contributed by atoms with Gasteiger partial charge in [0.2, 0.25) is 5.91 Å². The minimum Gasteiger partial charge on any atom is -0.493 e. The van der Waals surface area contributed by atoms with E-state index in [4.69, 9.17) is 9.47 Å². The molecule has 1 aliphatic rings. The number of benzene rings is 2. The van der Waals surface area contributed by atoms with E-state index in [9.17, 15) is 9.59 Å². The fourth-order valence-electron chi connectivity index (χ4n) is 3.03. The topological polar surface area (TPSA) is 80.8 Å². The third-order valence-corrected chi connectivity index (χ3v) is 5.26. The van der Waals surface area contributed by atoms with Crippen LogP contribution in [0.2, 0.25) is 0 Å². The second-order valence-electron chi connectivity index (χ2n) is 6.06. The first-order valence-electron chi connectivity index (χ1n) is 8.49. The summed E-state index contributed by atoms with van der Waals surface area (Å²) in [6.07, 6.45) is 0. The second-order valence-corrected chi connectivity index (χ2v) is 6.92. The third-order valence-electron chi connectivity index (χ3n) is 4.37. The summed E-state index contributed by atoms with van der Waals surface area (Å²) < 4.78 is 10.6. The van der Waals surface area contributed by atoms with Crippen molar-refractivity contribution in [2.45, 2.75) is 0 Å². The molecule has 1 N–H and O–H groups in total. The van der Waals surface area contributed by atoms with Crippen molar-refractivity contribution >= 4 is 34.5 Å². The van der Waals surface area contributed by atoms with Crippen LogP contribution in [0.25, 0.3) is 10.6 Å². The SMILES string of the molecule is COc1ccc(-c2nc(C(=O)N3CC(=O)Nc4ccccc43)cs2)cc1OC. The molecule has 4 rings (SSSR count). The molecule has 0 aliphatic carbocycles. The minimum atomic E-state index is -0.315. The Labute approximate surface area is 165 Å². The zero-order valence-electron chi connectivity index (χ0n) is 15.3. The molecule has 0 saturated carbocycles. The molecule has 0 spiro atoms. The number of ether oxygens (including phenoxy) is 2. The van der Waals surface area contributed by atoms with Crippen molar-refractivity contribution in [2.24, 2.45) is 0 Å². The van der Waals surface area contributed by atoms with E-state index in [1.54, 1.807) is 37.8 Å². The summed E-state index contributed by atoms with van der Waals surface area (Å²) in [6.45, 7) is -0.0426. The van der Waals surface area contributed by atoms with E-state index in [-0.39, 0.29) is 18.4 Å². The van der Waals surface area contributed by atoms with Gasteiger partial charge in [-0.1, -0.05) is 12.1 Å². The molecular weight excluding hydrogens is 378 g/mol. The molecule has 1 aromatic heterocycles. The van der Waals surface area contributed by atoms with E-state index in [0.29, 0.717) is 33.6 Å². The van der Waals surface area contributed by atoms with Gasteiger partial charge in [-0.15, -0.1) is 11.3 Å². The largest absolute Gasteiger partial charge is 0.493 e. The molecular formula is C20H17N3O4S. The minimum absolute atomic E-state index is 0.0426. The molecule has 142 valence electrons. The Morgan fingerprint density at radius 2 is 1.93 bits per heavy atom. The fraction of sp³-hybridized carbons (Fsp3) is 0.150. The van der Waals surface area contributed by atoms with Gasteiger partial charge in [-0.25, -0.2) is 4.98 Å². The van der Waals surface area contributed by atoms with Crippen LogP contribution in [0.4, 0.5) is 11.4 Å². The molecule has 7 nitrogen and oxygen atoms in total. The lowest BCUT2D eigenvalue weighted by atomic mass is 10.2. The zero-order chi connectivity index (χ0) is 19.7. The van der Waals surface area contributed by atoms with Crippen molar-refractivity contribution in [3.63, 3.8) is 0 Å². The maximum atomic E-state index is 13.0. The van der Waals surface area contributed by atoms with Crippen molar-refractivity contribution in [2.75, 3.05) is 31.0 Å². The van der Waals surface area contributed by atoms with Crippen LogP contribution in [0.1, 0.15) is 10.5 Å². The predicted octanol–water partition coefficient (Wildman–Crippen LogP) is 3.43. The standard InChI is InChI=1S/C20H17N3O4S/c1-26-16-8-7-12(9-17(16)27-2)19-22-14(11-28-19)20(25)23-10-18(24)21-13-5-3-4-6-15(13)23/h3-9,11H,10H2,1-2H3,(H,21,24). The number of nitrogens with one attached hydrogen (secondary N) is 1. The van der Waals surface area contributed by atoms with Crippen molar-refractivity contribution in [3.05, 3.63) is 53.5 Å². The number of para-hydroxylation sites is 2. The fourth-order valence-corrected chi connectivity index (χ4v) is 3.82. The maximum absolute atomic E-state index is 13.0. The zero-order valence-corrected chi connectivity index (χ0v) is 16.1. The van der Waals surface area contributed by atoms with Crippen molar-refractivity contribution in [3.8, 4) is 22.1 Å². The Hall–Kier alpha value is -3.39. The van der Waals surface area contributed by atoms with Gasteiger partial charge in [-0.2, -0.15) is 0 Å². The first kappa shape index (κ1) is 18.0. The Bertz CT molecular complexity index is 1060. The lowest BCUT2D eigenvalue weighted by Gasteiger charge is -2.28. The van der Waals surface area contributed by atoms with Crippen LogP contribution in [0, 0.1) is 0 Å². The van der Waals surface area contributed by atoms with Gasteiger partial charge in [0.1, 0.15) is 17.2 Å². The van der Waals surface area contributed by atoms with Gasteiger partial charge < -0.3 is 14.8 Å². The van der Waals surface area contributed by atoms with E-state index in [1.165, 1.54) is 16.2 Å². The van der Waals surface area contributed by atoms with Crippen molar-refractivity contribution in [1.82, 2.24) is 4.98 Å². The van der Waals surface area contributed by atoms with Crippen LogP contribution >= 0.6 is 11.3 Å².